The van der Waals surface area contributed by atoms with Gasteiger partial charge in [-0.1, -0.05) is 108 Å². The summed E-state index contributed by atoms with van der Waals surface area (Å²) in [6.07, 6.45) is 1.11. The van der Waals surface area contributed by atoms with Crippen LogP contribution in [0.4, 0.5) is 0 Å². The van der Waals surface area contributed by atoms with Crippen LogP contribution in [0.1, 0.15) is 25.0 Å². The summed E-state index contributed by atoms with van der Waals surface area (Å²) in [5, 5.41) is 3.27. The maximum Gasteiger partial charge on any atom is 0.127 e. The van der Waals surface area contributed by atoms with Crippen LogP contribution in [0, 0.1) is 6.92 Å². The lowest BCUT2D eigenvalue weighted by molar-refractivity contribution is 0.391. The molecule has 0 amide bonds. The molecule has 0 aromatic heterocycles. The molecule has 5 nitrogen and oxygen atoms in total. The average molecular weight is 637 g/mol. The van der Waals surface area contributed by atoms with E-state index in [9.17, 15) is 0 Å². The van der Waals surface area contributed by atoms with E-state index in [2.05, 4.69) is 106 Å². The van der Waals surface area contributed by atoms with Gasteiger partial charge in [0.05, 0.1) is 20.6 Å². The minimum absolute atomic E-state index is 0.663. The van der Waals surface area contributed by atoms with Crippen molar-refractivity contribution in [3.8, 4) is 22.6 Å². The second-order valence-corrected chi connectivity index (χ2v) is 9.27. The molecule has 4 rings (SSSR count). The number of thiol groups is 2. The zero-order chi connectivity index (χ0) is 28.5. The molecule has 0 fully saturated rings. The molecule has 0 radical (unpaired) electrons. The maximum absolute atomic E-state index is 6.01. The number of methoxy groups -OCH3 is 2. The number of nitrogens with zero attached hydrogens (tertiary/aromatic N) is 1. The Morgan fingerprint density at radius 2 is 1.68 bits per heavy atom. The summed E-state index contributed by atoms with van der Waals surface area (Å²) in [4.78, 5) is 0. The van der Waals surface area contributed by atoms with Crippen molar-refractivity contribution < 1.29 is 9.47 Å². The molecule has 0 aliphatic carbocycles. The molecule has 0 aliphatic heterocycles. The fourth-order valence-electron chi connectivity index (χ4n) is 3.43. The number of hydrogen-bond donors (Lipinski definition) is 4. The molecular weight excluding hydrogens is 602 g/mol. The number of fused-ring (bicyclic) bond motifs is 1. The van der Waals surface area contributed by atoms with Crippen LogP contribution in [0.3, 0.4) is 0 Å². The molecule has 0 bridgehead atoms. The lowest BCUT2D eigenvalue weighted by Gasteiger charge is -2.10. The van der Waals surface area contributed by atoms with Crippen molar-refractivity contribution in [3.63, 3.8) is 0 Å². The zero-order valence-electron chi connectivity index (χ0n) is 22.2. The predicted octanol–water partition coefficient (Wildman–Crippen LogP) is 8.71. The number of benzene rings is 4. The summed E-state index contributed by atoms with van der Waals surface area (Å²) < 4.78 is 17.1. The lowest BCUT2D eigenvalue weighted by atomic mass is 9.97. The standard InChI is InChI=1S/C17H12BrCl.C9H13NO2S.C2H6.CH4N2S/c1-11-5-7-14-12(9-11)3-2-4-15(14)16-8-6-13(19)10-17(16)18;1-11-8-4-3-7(6-10-13)9(5-8)12-2;1-2;2-1-3-4/h2-10H,1H3;3-5,10,13H,6H2,1-2H3;1-2H3;1,4H,(H2,2,3). The van der Waals surface area contributed by atoms with E-state index in [1.807, 2.05) is 44.2 Å². The smallest absolute Gasteiger partial charge is 0.127 e. The van der Waals surface area contributed by atoms with Gasteiger partial charge in [-0.3, -0.25) is 4.72 Å². The van der Waals surface area contributed by atoms with Gasteiger partial charge in [0.1, 0.15) is 11.5 Å². The largest absolute Gasteiger partial charge is 0.497 e. The molecule has 3 N–H and O–H groups in total. The van der Waals surface area contributed by atoms with Crippen LogP contribution in [-0.4, -0.2) is 20.6 Å². The van der Waals surface area contributed by atoms with Gasteiger partial charge in [-0.15, -0.1) is 0 Å². The molecule has 0 aliphatic rings. The molecule has 4 aromatic carbocycles. The van der Waals surface area contributed by atoms with Gasteiger partial charge >= 0.3 is 0 Å². The van der Waals surface area contributed by atoms with Crippen LogP contribution in [0.15, 0.2) is 81.7 Å². The van der Waals surface area contributed by atoms with Gasteiger partial charge in [0.25, 0.3) is 0 Å². The van der Waals surface area contributed by atoms with Crippen molar-refractivity contribution in [1.29, 1.82) is 0 Å². The van der Waals surface area contributed by atoms with E-state index in [0.29, 0.717) is 6.54 Å². The quantitative estimate of drug-likeness (QED) is 0.100. The van der Waals surface area contributed by atoms with Crippen molar-refractivity contribution in [1.82, 2.24) is 4.72 Å². The van der Waals surface area contributed by atoms with Gasteiger partial charge in [-0.2, -0.15) is 0 Å². The number of nitrogens with one attached hydrogen (secondary N) is 1. The Labute approximate surface area is 251 Å². The third-order valence-electron chi connectivity index (χ3n) is 5.09. The first kappa shape index (κ1) is 33.7. The van der Waals surface area contributed by atoms with Crippen molar-refractivity contribution >= 4 is 70.3 Å². The Hall–Kier alpha value is -2.36. The average Bonchev–Trinajstić information content (AvgIpc) is 2.94. The van der Waals surface area contributed by atoms with E-state index in [4.69, 9.17) is 21.1 Å². The van der Waals surface area contributed by atoms with Gasteiger partial charge in [-0.25, -0.2) is 4.40 Å². The van der Waals surface area contributed by atoms with Crippen LogP contribution in [0.25, 0.3) is 21.9 Å². The second kappa shape index (κ2) is 18.8. The predicted molar refractivity (Wildman–Crippen MR) is 175 cm³/mol. The normalized spacial score (nSPS) is 9.92. The Morgan fingerprint density at radius 3 is 2.26 bits per heavy atom. The van der Waals surface area contributed by atoms with Crippen LogP contribution in [0.5, 0.6) is 11.5 Å². The van der Waals surface area contributed by atoms with E-state index < -0.39 is 0 Å². The molecule has 0 unspecified atom stereocenters. The first-order valence-corrected chi connectivity index (χ1v) is 13.8. The first-order valence-electron chi connectivity index (χ1n) is 11.8. The highest BCUT2D eigenvalue weighted by atomic mass is 79.9. The number of rotatable bonds is 5. The fraction of sp³-hybridized carbons (Fsp3) is 0.207. The fourth-order valence-corrected chi connectivity index (χ4v) is 4.50. The van der Waals surface area contributed by atoms with Crippen molar-refractivity contribution in [2.45, 2.75) is 27.3 Å². The monoisotopic (exact) mass is 635 g/mol. The third kappa shape index (κ3) is 10.4. The van der Waals surface area contributed by atoms with E-state index in [0.717, 1.165) is 32.9 Å². The molecule has 204 valence electrons. The number of nitrogens with two attached hydrogens (primary N) is 1. The lowest BCUT2D eigenvalue weighted by Crippen LogP contribution is -2.01. The van der Waals surface area contributed by atoms with E-state index in [1.54, 1.807) is 14.2 Å². The summed E-state index contributed by atoms with van der Waals surface area (Å²) in [7, 11) is 3.27. The summed E-state index contributed by atoms with van der Waals surface area (Å²) in [6.45, 7) is 6.78. The van der Waals surface area contributed by atoms with Gasteiger partial charge in [0.15, 0.2) is 0 Å². The molecule has 38 heavy (non-hydrogen) atoms. The molecular formula is C29H35BrClN3O2S2. The van der Waals surface area contributed by atoms with Crippen molar-refractivity contribution in [2.75, 3.05) is 14.2 Å². The van der Waals surface area contributed by atoms with Crippen LogP contribution in [-0.2, 0) is 6.54 Å². The summed E-state index contributed by atoms with van der Waals surface area (Å²) in [5.74, 6) is 1.60. The number of hydrogen-bond acceptors (Lipinski definition) is 6. The molecule has 0 spiro atoms. The van der Waals surface area contributed by atoms with E-state index in [1.165, 1.54) is 27.5 Å². The number of aryl methyl sites for hydroxylation is 1. The molecule has 4 aromatic rings. The Morgan fingerprint density at radius 1 is 0.974 bits per heavy atom. The third-order valence-corrected chi connectivity index (χ3v) is 6.27. The van der Waals surface area contributed by atoms with E-state index in [-0.39, 0.29) is 0 Å². The topological polar surface area (TPSA) is 68.9 Å². The minimum Gasteiger partial charge on any atom is -0.497 e. The van der Waals surface area contributed by atoms with Crippen molar-refractivity contribution in [3.05, 3.63) is 93.4 Å². The second-order valence-electron chi connectivity index (χ2n) is 7.43. The highest BCUT2D eigenvalue weighted by molar-refractivity contribution is 9.10. The number of ether oxygens (including phenoxy) is 2. The zero-order valence-corrected chi connectivity index (χ0v) is 26.3. The van der Waals surface area contributed by atoms with Gasteiger partial charge < -0.3 is 15.2 Å². The summed E-state index contributed by atoms with van der Waals surface area (Å²) >= 11 is 16.9. The first-order chi connectivity index (χ1) is 18.4. The minimum atomic E-state index is 0.663. The highest BCUT2D eigenvalue weighted by Crippen LogP contribution is 2.35. The van der Waals surface area contributed by atoms with Gasteiger partial charge in [0, 0.05) is 27.7 Å². The van der Waals surface area contributed by atoms with Crippen LogP contribution < -0.4 is 19.9 Å². The molecule has 0 atom stereocenters. The molecule has 9 heteroatoms. The van der Waals surface area contributed by atoms with Crippen molar-refractivity contribution in [2.24, 2.45) is 10.1 Å². The Balaban J connectivity index is 0.000000331. The summed E-state index contributed by atoms with van der Waals surface area (Å²) in [6, 6.07) is 24.5. The number of halogens is 2. The SMILES string of the molecule is CC.COc1ccc(CNS)c(OC)c1.Cc1ccc2c(-c3ccc(Cl)cc3Br)cccc2c1.N/C=N\S. The van der Waals surface area contributed by atoms with E-state index >= 15 is 0 Å². The van der Waals surface area contributed by atoms with Crippen LogP contribution in [0.2, 0.25) is 5.02 Å². The molecule has 0 saturated carbocycles. The molecule has 0 heterocycles. The Kier molecular flexibility index (Phi) is 16.7. The van der Waals surface area contributed by atoms with Crippen LogP contribution >= 0.6 is 53.2 Å². The highest BCUT2D eigenvalue weighted by Gasteiger charge is 2.08. The van der Waals surface area contributed by atoms with Gasteiger partial charge in [0.2, 0.25) is 0 Å². The van der Waals surface area contributed by atoms with Gasteiger partial charge in [-0.05, 0) is 59.8 Å². The Bertz CT molecular complexity index is 1300. The maximum atomic E-state index is 6.01. The summed E-state index contributed by atoms with van der Waals surface area (Å²) in [5.41, 5.74) is 9.38. The molecule has 0 saturated heterocycles.